The molecule has 1 N–H and O–H groups in total. The van der Waals surface area contributed by atoms with Crippen molar-refractivity contribution in [2.24, 2.45) is 0 Å². The Kier molecular flexibility index (Phi) is 3.45. The number of fused-ring (bicyclic) bond motifs is 1. The Morgan fingerprint density at radius 3 is 3.00 bits per heavy atom. The summed E-state index contributed by atoms with van der Waals surface area (Å²) in [6.07, 6.45) is 1.82. The van der Waals surface area contributed by atoms with Gasteiger partial charge in [-0.15, -0.1) is 5.10 Å². The number of carbonyl (C=O) groups is 1. The summed E-state index contributed by atoms with van der Waals surface area (Å²) in [5, 5.41) is 7.26. The Morgan fingerprint density at radius 1 is 1.56 bits per heavy atom. The number of hydrogen-bond acceptors (Lipinski definition) is 4. The highest BCUT2D eigenvalue weighted by Crippen LogP contribution is 2.06. The number of nitrogens with zero attached hydrogens (tertiary/aromatic N) is 4. The van der Waals surface area contributed by atoms with E-state index in [1.807, 2.05) is 31.3 Å². The van der Waals surface area contributed by atoms with Crippen molar-refractivity contribution in [2.75, 3.05) is 18.9 Å². The molecule has 0 spiro atoms. The van der Waals surface area contributed by atoms with Crippen LogP contribution in [0.1, 0.15) is 13.8 Å². The van der Waals surface area contributed by atoms with Crippen molar-refractivity contribution in [3.63, 3.8) is 0 Å². The number of hydrogen-bond donors (Lipinski definition) is 1. The minimum atomic E-state index is -0.340. The summed E-state index contributed by atoms with van der Waals surface area (Å²) in [7, 11) is 1.78. The lowest BCUT2D eigenvalue weighted by molar-refractivity contribution is -0.130. The van der Waals surface area contributed by atoms with Crippen molar-refractivity contribution >= 4 is 17.5 Å². The summed E-state index contributed by atoms with van der Waals surface area (Å²) >= 11 is 0. The molecule has 0 aliphatic rings. The van der Waals surface area contributed by atoms with E-state index >= 15 is 0 Å². The van der Waals surface area contributed by atoms with E-state index < -0.39 is 0 Å². The van der Waals surface area contributed by atoms with Gasteiger partial charge in [0.25, 0.3) is 0 Å². The van der Waals surface area contributed by atoms with Gasteiger partial charge in [0.1, 0.15) is 6.04 Å². The number of anilines is 1. The predicted octanol–water partition coefficient (Wildman–Crippen LogP) is 1.01. The van der Waals surface area contributed by atoms with E-state index in [4.69, 9.17) is 0 Å². The fourth-order valence-corrected chi connectivity index (χ4v) is 1.63. The van der Waals surface area contributed by atoms with E-state index in [1.165, 1.54) is 0 Å². The van der Waals surface area contributed by atoms with Crippen molar-refractivity contribution < 1.29 is 4.79 Å². The first-order valence-electron chi connectivity index (χ1n) is 5.94. The fraction of sp³-hybridized carbons (Fsp3) is 0.417. The Bertz CT molecular complexity index is 517. The smallest absolute Gasteiger partial charge is 0.244 e. The summed E-state index contributed by atoms with van der Waals surface area (Å²) in [5.74, 6) is 0.489. The zero-order chi connectivity index (χ0) is 13.1. The minimum absolute atomic E-state index is 0.0244. The van der Waals surface area contributed by atoms with Crippen LogP contribution in [0.15, 0.2) is 24.4 Å². The van der Waals surface area contributed by atoms with E-state index in [-0.39, 0.29) is 11.9 Å². The quantitative estimate of drug-likeness (QED) is 0.875. The highest BCUT2D eigenvalue weighted by atomic mass is 16.2. The van der Waals surface area contributed by atoms with Gasteiger partial charge in [0.15, 0.2) is 5.65 Å². The maximum absolute atomic E-state index is 11.9. The first kappa shape index (κ1) is 12.3. The number of rotatable bonds is 4. The first-order valence-corrected chi connectivity index (χ1v) is 5.94. The predicted molar refractivity (Wildman–Crippen MR) is 69.4 cm³/mol. The lowest BCUT2D eigenvalue weighted by Gasteiger charge is -2.19. The van der Waals surface area contributed by atoms with Crippen LogP contribution in [0.25, 0.3) is 5.65 Å². The summed E-state index contributed by atoms with van der Waals surface area (Å²) in [4.78, 5) is 17.8. The zero-order valence-electron chi connectivity index (χ0n) is 10.8. The minimum Gasteiger partial charge on any atom is -0.344 e. The molecular formula is C12H17N5O. The third-order valence-electron chi connectivity index (χ3n) is 2.81. The molecule has 0 saturated carbocycles. The van der Waals surface area contributed by atoms with Crippen LogP contribution < -0.4 is 5.32 Å². The molecule has 2 aromatic heterocycles. The molecular weight excluding hydrogens is 230 g/mol. The lowest BCUT2D eigenvalue weighted by atomic mass is 10.3. The number of likely N-dealkylation sites (N-methyl/N-ethyl adjacent to an activating group) is 1. The van der Waals surface area contributed by atoms with Crippen LogP contribution in [-0.4, -0.2) is 45.0 Å². The zero-order valence-corrected chi connectivity index (χ0v) is 10.8. The summed E-state index contributed by atoms with van der Waals surface area (Å²) in [5.41, 5.74) is 0.753. The normalized spacial score (nSPS) is 12.4. The monoisotopic (exact) mass is 247 g/mol. The van der Waals surface area contributed by atoms with Gasteiger partial charge in [-0.2, -0.15) is 4.98 Å². The van der Waals surface area contributed by atoms with Crippen molar-refractivity contribution in [3.8, 4) is 0 Å². The Balaban J connectivity index is 2.11. The van der Waals surface area contributed by atoms with Crippen LogP contribution in [0.3, 0.4) is 0 Å². The van der Waals surface area contributed by atoms with Gasteiger partial charge in [0.05, 0.1) is 0 Å². The molecule has 1 unspecified atom stereocenters. The number of aromatic nitrogens is 3. The molecule has 2 heterocycles. The van der Waals surface area contributed by atoms with E-state index in [0.717, 1.165) is 5.65 Å². The lowest BCUT2D eigenvalue weighted by Crippen LogP contribution is -2.39. The standard InChI is InChI=1S/C12H17N5O/c1-4-16(3)11(18)9(2)13-12-14-10-7-5-6-8-17(10)15-12/h5-9H,4H2,1-3H3,(H,13,15). The highest BCUT2D eigenvalue weighted by Gasteiger charge is 2.17. The molecule has 6 heteroatoms. The summed E-state index contributed by atoms with van der Waals surface area (Å²) < 4.78 is 1.67. The second-order valence-corrected chi connectivity index (χ2v) is 4.16. The summed E-state index contributed by atoms with van der Waals surface area (Å²) in [6.45, 7) is 4.43. The average Bonchev–Trinajstić information content (AvgIpc) is 2.78. The highest BCUT2D eigenvalue weighted by molar-refractivity contribution is 5.83. The molecule has 0 fully saturated rings. The Morgan fingerprint density at radius 2 is 2.33 bits per heavy atom. The Labute approximate surface area is 106 Å². The van der Waals surface area contributed by atoms with Crippen molar-refractivity contribution in [1.82, 2.24) is 19.5 Å². The molecule has 96 valence electrons. The van der Waals surface area contributed by atoms with Gasteiger partial charge in [-0.3, -0.25) is 4.79 Å². The van der Waals surface area contributed by atoms with E-state index in [0.29, 0.717) is 12.5 Å². The molecule has 18 heavy (non-hydrogen) atoms. The SMILES string of the molecule is CCN(C)C(=O)C(C)Nc1nc2ccccn2n1. The van der Waals surface area contributed by atoms with Gasteiger partial charge >= 0.3 is 0 Å². The van der Waals surface area contributed by atoms with Gasteiger partial charge in [0, 0.05) is 19.8 Å². The molecule has 0 aliphatic carbocycles. The van der Waals surface area contributed by atoms with Gasteiger partial charge in [0.2, 0.25) is 11.9 Å². The van der Waals surface area contributed by atoms with Crippen LogP contribution in [-0.2, 0) is 4.79 Å². The number of nitrogens with one attached hydrogen (secondary N) is 1. The van der Waals surface area contributed by atoms with E-state index in [1.54, 1.807) is 23.4 Å². The molecule has 2 aromatic rings. The number of pyridine rings is 1. The molecule has 2 rings (SSSR count). The molecule has 1 atom stereocenters. The average molecular weight is 247 g/mol. The molecule has 0 aromatic carbocycles. The fourth-order valence-electron chi connectivity index (χ4n) is 1.63. The van der Waals surface area contributed by atoms with Crippen LogP contribution in [0.4, 0.5) is 5.95 Å². The molecule has 0 radical (unpaired) electrons. The van der Waals surface area contributed by atoms with Crippen LogP contribution in [0.2, 0.25) is 0 Å². The van der Waals surface area contributed by atoms with Crippen molar-refractivity contribution in [2.45, 2.75) is 19.9 Å². The van der Waals surface area contributed by atoms with Crippen molar-refractivity contribution in [1.29, 1.82) is 0 Å². The van der Waals surface area contributed by atoms with Gasteiger partial charge in [-0.1, -0.05) is 6.07 Å². The molecule has 1 amide bonds. The maximum Gasteiger partial charge on any atom is 0.244 e. The van der Waals surface area contributed by atoms with Gasteiger partial charge < -0.3 is 10.2 Å². The van der Waals surface area contributed by atoms with Gasteiger partial charge in [-0.05, 0) is 26.0 Å². The van der Waals surface area contributed by atoms with Crippen LogP contribution in [0, 0.1) is 0 Å². The third-order valence-corrected chi connectivity index (χ3v) is 2.81. The number of carbonyl (C=O) groups excluding carboxylic acids is 1. The second-order valence-electron chi connectivity index (χ2n) is 4.16. The van der Waals surface area contributed by atoms with Gasteiger partial charge in [-0.25, -0.2) is 4.52 Å². The molecule has 6 nitrogen and oxygen atoms in total. The number of amides is 1. The van der Waals surface area contributed by atoms with Crippen LogP contribution >= 0.6 is 0 Å². The van der Waals surface area contributed by atoms with E-state index in [9.17, 15) is 4.79 Å². The topological polar surface area (TPSA) is 62.5 Å². The maximum atomic E-state index is 11.9. The third kappa shape index (κ3) is 2.42. The summed E-state index contributed by atoms with van der Waals surface area (Å²) in [6, 6.07) is 5.30. The van der Waals surface area contributed by atoms with Crippen LogP contribution in [0.5, 0.6) is 0 Å². The molecule has 0 aliphatic heterocycles. The second kappa shape index (κ2) is 5.03. The first-order chi connectivity index (χ1) is 8.61. The van der Waals surface area contributed by atoms with E-state index in [2.05, 4.69) is 15.4 Å². The molecule has 0 bridgehead atoms. The van der Waals surface area contributed by atoms with Crippen molar-refractivity contribution in [3.05, 3.63) is 24.4 Å². The Hall–Kier alpha value is -2.11. The largest absolute Gasteiger partial charge is 0.344 e. The molecule has 0 saturated heterocycles.